The minimum atomic E-state index is -1.75. The zero-order valence-electron chi connectivity index (χ0n) is 20.0. The zero-order valence-corrected chi connectivity index (χ0v) is 22.4. The van der Waals surface area contributed by atoms with E-state index in [-0.39, 0.29) is 12.6 Å². The molecular weight excluding hydrogens is 524 g/mol. The Morgan fingerprint density at radius 2 is 1.88 bits per heavy atom. The Balaban J connectivity index is 2.33. The highest BCUT2D eigenvalue weighted by molar-refractivity contribution is 9.11. The molecule has 1 N–H and O–H groups in total. The lowest BCUT2D eigenvalue weighted by Gasteiger charge is -2.26. The second-order valence-corrected chi connectivity index (χ2v) is 11.0. The van der Waals surface area contributed by atoms with Crippen molar-refractivity contribution in [2.24, 2.45) is 0 Å². The highest BCUT2D eigenvalue weighted by Crippen LogP contribution is 2.35. The number of aliphatic carboxylic acids is 1. The minimum absolute atomic E-state index is 0.0694. The van der Waals surface area contributed by atoms with Crippen LogP contribution >= 0.6 is 27.3 Å². The summed E-state index contributed by atoms with van der Waals surface area (Å²) in [4.78, 5) is 39.6. The van der Waals surface area contributed by atoms with Crippen LogP contribution in [0.2, 0.25) is 0 Å². The average molecular weight is 553 g/mol. The van der Waals surface area contributed by atoms with E-state index >= 15 is 0 Å². The van der Waals surface area contributed by atoms with Crippen molar-refractivity contribution in [3.05, 3.63) is 60.0 Å². The van der Waals surface area contributed by atoms with Gasteiger partial charge in [-0.2, -0.15) is 0 Å². The Morgan fingerprint density at radius 1 is 1.24 bits per heavy atom. The summed E-state index contributed by atoms with van der Waals surface area (Å²) < 4.78 is 15.0. The Labute approximate surface area is 209 Å². The smallest absolute Gasteiger partial charge is 0.333 e. The van der Waals surface area contributed by atoms with E-state index in [2.05, 4.69) is 15.9 Å². The van der Waals surface area contributed by atoms with E-state index in [1.54, 1.807) is 6.92 Å². The summed E-state index contributed by atoms with van der Waals surface area (Å²) in [7, 11) is 0. The van der Waals surface area contributed by atoms with Gasteiger partial charge < -0.3 is 14.6 Å². The maximum absolute atomic E-state index is 13.7. The van der Waals surface area contributed by atoms with Crippen LogP contribution in [-0.2, 0) is 21.6 Å². The molecule has 0 aliphatic rings. The fourth-order valence-electron chi connectivity index (χ4n) is 3.81. The number of fused-ring (bicyclic) bond motifs is 1. The molecule has 1 atom stereocenters. The van der Waals surface area contributed by atoms with E-state index in [1.807, 2.05) is 45.0 Å². The van der Waals surface area contributed by atoms with Crippen LogP contribution in [0.15, 0.2) is 37.6 Å². The molecule has 3 rings (SSSR count). The van der Waals surface area contributed by atoms with Gasteiger partial charge in [0.15, 0.2) is 0 Å². The number of benzene rings is 1. The van der Waals surface area contributed by atoms with E-state index in [0.717, 1.165) is 10.1 Å². The summed E-state index contributed by atoms with van der Waals surface area (Å²) in [5.41, 5.74) is -1.66. The van der Waals surface area contributed by atoms with Crippen LogP contribution in [0.4, 0.5) is 0 Å². The molecule has 8 nitrogen and oxygen atoms in total. The summed E-state index contributed by atoms with van der Waals surface area (Å²) in [5, 5.41) is 10.1. The van der Waals surface area contributed by atoms with Gasteiger partial charge in [0.05, 0.1) is 28.4 Å². The molecule has 3 aromatic rings. The van der Waals surface area contributed by atoms with Gasteiger partial charge in [0.2, 0.25) is 0 Å². The van der Waals surface area contributed by atoms with Crippen LogP contribution in [-0.4, -0.2) is 32.9 Å². The summed E-state index contributed by atoms with van der Waals surface area (Å²) in [6.45, 7) is 10.7. The predicted octanol–water partition coefficient (Wildman–Crippen LogP) is 4.68. The third kappa shape index (κ3) is 4.71. The Hall–Kier alpha value is -2.43. The number of nitrogens with zero attached hydrogens (tertiary/aromatic N) is 2. The largest absolute Gasteiger partial charge is 0.493 e. The van der Waals surface area contributed by atoms with Crippen molar-refractivity contribution < 1.29 is 19.4 Å². The number of thiophene rings is 1. The minimum Gasteiger partial charge on any atom is -0.493 e. The fraction of sp³-hybridized carbons (Fsp3) is 0.458. The number of aryl methyl sites for hydroxylation is 1. The van der Waals surface area contributed by atoms with Gasteiger partial charge in [0, 0.05) is 5.56 Å². The van der Waals surface area contributed by atoms with Crippen molar-refractivity contribution >= 4 is 43.5 Å². The number of rotatable bonds is 9. The van der Waals surface area contributed by atoms with Crippen LogP contribution in [0.25, 0.3) is 10.2 Å². The molecule has 0 saturated carbocycles. The third-order valence-electron chi connectivity index (χ3n) is 5.59. The van der Waals surface area contributed by atoms with Gasteiger partial charge >= 0.3 is 11.7 Å². The lowest BCUT2D eigenvalue weighted by atomic mass is 10.1. The second-order valence-electron chi connectivity index (χ2n) is 8.72. The van der Waals surface area contributed by atoms with Crippen LogP contribution in [0, 0.1) is 6.92 Å². The molecule has 0 aliphatic heterocycles. The molecule has 10 heteroatoms. The number of hydrogen-bond acceptors (Lipinski definition) is 6. The first-order valence-electron chi connectivity index (χ1n) is 11.0. The highest BCUT2D eigenvalue weighted by Gasteiger charge is 2.35. The normalized spacial score (nSPS) is 12.9. The molecule has 34 heavy (non-hydrogen) atoms. The van der Waals surface area contributed by atoms with Gasteiger partial charge in [0.1, 0.15) is 22.2 Å². The van der Waals surface area contributed by atoms with Crippen molar-refractivity contribution in [3.8, 4) is 5.75 Å². The molecule has 2 aromatic heterocycles. The number of hydrogen-bond donors (Lipinski definition) is 1. The zero-order chi connectivity index (χ0) is 25.4. The number of carbonyl (C=O) groups is 1. The van der Waals surface area contributed by atoms with Gasteiger partial charge in [-0.05, 0) is 69.1 Å². The first-order valence-corrected chi connectivity index (χ1v) is 12.6. The number of para-hydroxylation sites is 1. The molecule has 0 amide bonds. The first-order chi connectivity index (χ1) is 15.9. The van der Waals surface area contributed by atoms with Gasteiger partial charge in [-0.3, -0.25) is 9.36 Å². The van der Waals surface area contributed by atoms with Crippen LogP contribution in [0.3, 0.4) is 0 Å². The Kier molecular flexibility index (Phi) is 7.74. The number of ether oxygens (including phenoxy) is 2. The first kappa shape index (κ1) is 26.2. The standard InChI is InChI=1S/C24H29BrN2O6S/c1-7-32-16-11-9-8-10-15(16)17(33-13(2)3)12-26-21-18(14(4)19(25)34-21)20(28)27(23(26)31)24(5,6)22(29)30/h8-11,13,17H,7,12H2,1-6H3,(H,29,30)/t17-/m0/s1. The molecule has 2 heterocycles. The van der Waals surface area contributed by atoms with Crippen molar-refractivity contribution in [1.82, 2.24) is 9.13 Å². The van der Waals surface area contributed by atoms with Gasteiger partial charge in [0.25, 0.3) is 5.56 Å². The molecule has 0 unspecified atom stereocenters. The molecule has 184 valence electrons. The summed E-state index contributed by atoms with van der Waals surface area (Å²) in [6.07, 6.45) is -0.743. The predicted molar refractivity (Wildman–Crippen MR) is 136 cm³/mol. The van der Waals surface area contributed by atoms with Crippen LogP contribution in [0.5, 0.6) is 5.75 Å². The number of carboxylic acid groups (broad SMARTS) is 1. The molecule has 0 radical (unpaired) electrons. The van der Waals surface area contributed by atoms with Crippen molar-refractivity contribution in [2.75, 3.05) is 6.61 Å². The van der Waals surface area contributed by atoms with Gasteiger partial charge in [-0.15, -0.1) is 11.3 Å². The molecule has 0 bridgehead atoms. The van der Waals surface area contributed by atoms with Crippen molar-refractivity contribution in [3.63, 3.8) is 0 Å². The summed E-state index contributed by atoms with van der Waals surface area (Å²) in [6, 6.07) is 7.45. The topological polar surface area (TPSA) is 99.8 Å². The van der Waals surface area contributed by atoms with E-state index in [1.165, 1.54) is 29.8 Å². The molecule has 1 aromatic carbocycles. The molecular formula is C24H29BrN2O6S. The quantitative estimate of drug-likeness (QED) is 0.413. The van der Waals surface area contributed by atoms with Gasteiger partial charge in [-0.25, -0.2) is 14.2 Å². The Bertz CT molecular complexity index is 1340. The van der Waals surface area contributed by atoms with Crippen molar-refractivity contribution in [1.29, 1.82) is 0 Å². The summed E-state index contributed by atoms with van der Waals surface area (Å²) >= 11 is 4.74. The van der Waals surface area contributed by atoms with Gasteiger partial charge in [-0.1, -0.05) is 18.2 Å². The van der Waals surface area contributed by atoms with Crippen LogP contribution < -0.4 is 16.0 Å². The second kappa shape index (κ2) is 10.1. The van der Waals surface area contributed by atoms with E-state index in [4.69, 9.17) is 9.47 Å². The van der Waals surface area contributed by atoms with E-state index < -0.39 is 28.9 Å². The number of aromatic nitrogens is 2. The highest BCUT2D eigenvalue weighted by atomic mass is 79.9. The third-order valence-corrected chi connectivity index (χ3v) is 7.77. The lowest BCUT2D eigenvalue weighted by Crippen LogP contribution is -2.52. The molecule has 0 aliphatic carbocycles. The van der Waals surface area contributed by atoms with E-state index in [0.29, 0.717) is 31.9 Å². The molecule has 0 fully saturated rings. The van der Waals surface area contributed by atoms with E-state index in [9.17, 15) is 19.5 Å². The average Bonchev–Trinajstić information content (AvgIpc) is 3.05. The van der Waals surface area contributed by atoms with Crippen molar-refractivity contribution in [2.45, 2.75) is 65.8 Å². The fourth-order valence-corrected chi connectivity index (χ4v) is 5.50. The monoisotopic (exact) mass is 552 g/mol. The number of carboxylic acids is 1. The summed E-state index contributed by atoms with van der Waals surface area (Å²) in [5.74, 6) is -0.635. The maximum atomic E-state index is 13.7. The van der Waals surface area contributed by atoms with Crippen LogP contribution in [0.1, 0.15) is 51.8 Å². The molecule has 0 saturated heterocycles. The molecule has 0 spiro atoms. The Morgan fingerprint density at radius 3 is 2.47 bits per heavy atom. The lowest BCUT2D eigenvalue weighted by molar-refractivity contribution is -0.146. The SMILES string of the molecule is CCOc1ccccc1[C@H](Cn1c(=O)n(C(C)(C)C(=O)O)c(=O)c2c(C)c(Br)sc21)OC(C)C. The number of halogens is 1. The maximum Gasteiger partial charge on any atom is 0.333 e.